The van der Waals surface area contributed by atoms with E-state index in [2.05, 4.69) is 6.58 Å². The second kappa shape index (κ2) is 5.49. The van der Waals surface area contributed by atoms with E-state index in [4.69, 9.17) is 0 Å². The number of carbonyl (C=O) groups excluding carboxylic acids is 3. The largest absolute Gasteiger partial charge is 0.504 e. The second-order valence-electron chi connectivity index (χ2n) is 4.27. The van der Waals surface area contributed by atoms with Crippen LogP contribution in [0.2, 0.25) is 0 Å². The molecule has 0 atom stereocenters. The summed E-state index contributed by atoms with van der Waals surface area (Å²) in [7, 11) is 0. The van der Waals surface area contributed by atoms with Gasteiger partial charge in [0.15, 0.2) is 11.5 Å². The fourth-order valence-electron chi connectivity index (χ4n) is 1.79. The normalized spacial score (nSPS) is 17.0. The summed E-state index contributed by atoms with van der Waals surface area (Å²) in [6.07, 6.45) is 2.58. The zero-order valence-corrected chi connectivity index (χ0v) is 10.9. The number of aromatic hydroxyl groups is 2. The quantitative estimate of drug-likeness (QED) is 0.329. The van der Waals surface area contributed by atoms with Crippen LogP contribution in [0.4, 0.5) is 4.79 Å². The number of phenols is 2. The predicted octanol–water partition coefficient (Wildman–Crippen LogP) is 0.746. The van der Waals surface area contributed by atoms with E-state index in [1.54, 1.807) is 0 Å². The average Bonchev–Trinajstić information content (AvgIpc) is 2.43. The van der Waals surface area contributed by atoms with Gasteiger partial charge in [-0.15, -0.1) is 6.58 Å². The SMILES string of the molecule is C=CCN1C(=O)NC(=O)C(=Cc2ccc(O)c(O)c2)C1=O. The Bertz CT molecular complexity index is 678. The van der Waals surface area contributed by atoms with Gasteiger partial charge in [-0.25, -0.2) is 4.79 Å². The summed E-state index contributed by atoms with van der Waals surface area (Å²) in [4.78, 5) is 36.2. The lowest BCUT2D eigenvalue weighted by Gasteiger charge is -2.25. The fraction of sp³-hybridized carbons (Fsp3) is 0.0714. The maximum atomic E-state index is 12.1. The number of benzene rings is 1. The van der Waals surface area contributed by atoms with Crippen LogP contribution in [0.1, 0.15) is 5.56 Å². The molecule has 0 spiro atoms. The number of barbiturate groups is 1. The fourth-order valence-corrected chi connectivity index (χ4v) is 1.79. The zero-order chi connectivity index (χ0) is 15.6. The molecule has 2 rings (SSSR count). The van der Waals surface area contributed by atoms with Crippen molar-refractivity contribution in [3.8, 4) is 11.5 Å². The van der Waals surface area contributed by atoms with Crippen LogP contribution in [-0.4, -0.2) is 39.5 Å². The molecule has 0 aromatic heterocycles. The second-order valence-corrected chi connectivity index (χ2v) is 4.27. The van der Waals surface area contributed by atoms with Gasteiger partial charge in [-0.2, -0.15) is 0 Å². The van der Waals surface area contributed by atoms with Gasteiger partial charge in [0.05, 0.1) is 0 Å². The minimum atomic E-state index is -0.821. The molecule has 108 valence electrons. The van der Waals surface area contributed by atoms with Crippen LogP contribution in [0.15, 0.2) is 36.4 Å². The van der Waals surface area contributed by atoms with Gasteiger partial charge in [-0.1, -0.05) is 12.1 Å². The van der Waals surface area contributed by atoms with Crippen molar-refractivity contribution >= 4 is 23.9 Å². The molecular weight excluding hydrogens is 276 g/mol. The molecule has 1 fully saturated rings. The molecule has 7 nitrogen and oxygen atoms in total. The molecule has 1 saturated heterocycles. The number of rotatable bonds is 3. The Hall–Kier alpha value is -3.09. The third-order valence-electron chi connectivity index (χ3n) is 2.81. The number of amides is 4. The third kappa shape index (κ3) is 2.76. The molecule has 3 N–H and O–H groups in total. The van der Waals surface area contributed by atoms with E-state index in [-0.39, 0.29) is 23.6 Å². The van der Waals surface area contributed by atoms with Crippen LogP contribution in [-0.2, 0) is 9.59 Å². The molecular formula is C14H12N2O5. The first kappa shape index (κ1) is 14.3. The first-order valence-electron chi connectivity index (χ1n) is 5.95. The Morgan fingerprint density at radius 3 is 2.52 bits per heavy atom. The first-order valence-corrected chi connectivity index (χ1v) is 5.95. The number of carbonyl (C=O) groups is 3. The van der Waals surface area contributed by atoms with Crippen molar-refractivity contribution in [1.82, 2.24) is 10.2 Å². The van der Waals surface area contributed by atoms with Crippen LogP contribution in [0.25, 0.3) is 6.08 Å². The number of nitrogens with one attached hydrogen (secondary N) is 1. The van der Waals surface area contributed by atoms with Crippen LogP contribution in [0, 0.1) is 0 Å². The van der Waals surface area contributed by atoms with Crippen molar-refractivity contribution in [2.75, 3.05) is 6.54 Å². The average molecular weight is 288 g/mol. The summed E-state index contributed by atoms with van der Waals surface area (Å²) in [5.41, 5.74) is 0.0817. The highest BCUT2D eigenvalue weighted by Crippen LogP contribution is 2.26. The van der Waals surface area contributed by atoms with Crippen molar-refractivity contribution in [3.63, 3.8) is 0 Å². The third-order valence-corrected chi connectivity index (χ3v) is 2.81. The van der Waals surface area contributed by atoms with Gasteiger partial charge < -0.3 is 10.2 Å². The molecule has 0 aliphatic carbocycles. The highest BCUT2D eigenvalue weighted by atomic mass is 16.3. The number of urea groups is 1. The molecule has 4 amide bonds. The maximum absolute atomic E-state index is 12.1. The Morgan fingerprint density at radius 2 is 1.90 bits per heavy atom. The van der Waals surface area contributed by atoms with Gasteiger partial charge in [0.25, 0.3) is 11.8 Å². The van der Waals surface area contributed by atoms with E-state index in [0.717, 1.165) is 4.90 Å². The van der Waals surface area contributed by atoms with Gasteiger partial charge in [-0.3, -0.25) is 19.8 Å². The molecule has 7 heteroatoms. The van der Waals surface area contributed by atoms with Crippen LogP contribution in [0.3, 0.4) is 0 Å². The first-order chi connectivity index (χ1) is 9.93. The summed E-state index contributed by atoms with van der Waals surface area (Å²) >= 11 is 0. The van der Waals surface area contributed by atoms with Crippen molar-refractivity contribution in [2.45, 2.75) is 0 Å². The number of imide groups is 2. The maximum Gasteiger partial charge on any atom is 0.331 e. The summed E-state index contributed by atoms with van der Waals surface area (Å²) in [5, 5.41) is 20.7. The molecule has 21 heavy (non-hydrogen) atoms. The Labute approximate surface area is 119 Å². The van der Waals surface area contributed by atoms with Gasteiger partial charge in [-0.05, 0) is 23.8 Å². The summed E-state index contributed by atoms with van der Waals surface area (Å²) in [5.74, 6) is -2.28. The van der Waals surface area contributed by atoms with Gasteiger partial charge >= 0.3 is 6.03 Å². The van der Waals surface area contributed by atoms with Crippen molar-refractivity contribution in [2.24, 2.45) is 0 Å². The van der Waals surface area contributed by atoms with Crippen molar-refractivity contribution < 1.29 is 24.6 Å². The summed E-state index contributed by atoms with van der Waals surface area (Å²) in [6, 6.07) is 3.02. The Balaban J connectivity index is 2.40. The van der Waals surface area contributed by atoms with Gasteiger partial charge in [0, 0.05) is 6.54 Å². The van der Waals surface area contributed by atoms with Crippen molar-refractivity contribution in [1.29, 1.82) is 0 Å². The Kier molecular flexibility index (Phi) is 3.75. The van der Waals surface area contributed by atoms with E-state index >= 15 is 0 Å². The standard InChI is InChI=1S/C14H12N2O5/c1-2-5-16-13(20)9(12(19)15-14(16)21)6-8-3-4-10(17)11(18)7-8/h2-4,6-7,17-18H,1,5H2,(H,15,19,21). The van der Waals surface area contributed by atoms with Crippen LogP contribution in [0.5, 0.6) is 11.5 Å². The number of phenolic OH excluding ortho intramolecular Hbond substituents is 2. The van der Waals surface area contributed by atoms with Gasteiger partial charge in [0.2, 0.25) is 0 Å². The summed E-state index contributed by atoms with van der Waals surface area (Å²) < 4.78 is 0. The highest BCUT2D eigenvalue weighted by molar-refractivity contribution is 6.31. The van der Waals surface area contributed by atoms with E-state index in [0.29, 0.717) is 5.56 Å². The molecule has 1 aromatic carbocycles. The van der Waals surface area contributed by atoms with E-state index in [1.807, 2.05) is 5.32 Å². The molecule has 0 bridgehead atoms. The monoisotopic (exact) mass is 288 g/mol. The van der Waals surface area contributed by atoms with Crippen LogP contribution < -0.4 is 5.32 Å². The molecule has 1 aromatic rings. The lowest BCUT2D eigenvalue weighted by molar-refractivity contribution is -0.129. The molecule has 1 heterocycles. The van der Waals surface area contributed by atoms with E-state index in [9.17, 15) is 24.6 Å². The summed E-state index contributed by atoms with van der Waals surface area (Å²) in [6.45, 7) is 3.40. The number of nitrogens with zero attached hydrogens (tertiary/aromatic N) is 1. The Morgan fingerprint density at radius 1 is 1.19 bits per heavy atom. The molecule has 0 radical (unpaired) electrons. The predicted molar refractivity (Wildman–Crippen MR) is 73.2 cm³/mol. The van der Waals surface area contributed by atoms with Gasteiger partial charge in [0.1, 0.15) is 5.57 Å². The van der Waals surface area contributed by atoms with Crippen LogP contribution >= 0.6 is 0 Å². The lowest BCUT2D eigenvalue weighted by atomic mass is 10.1. The zero-order valence-electron chi connectivity index (χ0n) is 10.9. The van der Waals surface area contributed by atoms with E-state index in [1.165, 1.54) is 30.4 Å². The minimum absolute atomic E-state index is 0.0316. The number of hydrogen-bond acceptors (Lipinski definition) is 5. The lowest BCUT2D eigenvalue weighted by Crippen LogP contribution is -2.54. The molecule has 0 unspecified atom stereocenters. The molecule has 1 aliphatic rings. The molecule has 1 aliphatic heterocycles. The molecule has 0 saturated carbocycles. The number of hydrogen-bond donors (Lipinski definition) is 3. The topological polar surface area (TPSA) is 107 Å². The highest BCUT2D eigenvalue weighted by Gasteiger charge is 2.34. The van der Waals surface area contributed by atoms with Crippen molar-refractivity contribution in [3.05, 3.63) is 42.0 Å². The minimum Gasteiger partial charge on any atom is -0.504 e. The van der Waals surface area contributed by atoms with E-state index < -0.39 is 17.8 Å². The smallest absolute Gasteiger partial charge is 0.331 e.